The maximum absolute atomic E-state index is 13.3. The predicted molar refractivity (Wildman–Crippen MR) is 68.1 cm³/mol. The Morgan fingerprint density at radius 1 is 1.41 bits per heavy atom. The molecule has 0 N–H and O–H groups in total. The Kier molecular flexibility index (Phi) is 2.82. The average molecular weight is 232 g/mol. The minimum atomic E-state index is -0.234. The average Bonchev–Trinajstić information content (AvgIpc) is 2.50. The number of benzene rings is 1. The van der Waals surface area contributed by atoms with E-state index in [-0.39, 0.29) is 17.3 Å². The molecular weight excluding hydrogens is 215 g/mol. The first-order chi connectivity index (χ1) is 7.94. The van der Waals surface area contributed by atoms with Gasteiger partial charge in [-0.25, -0.2) is 4.39 Å². The summed E-state index contributed by atoms with van der Waals surface area (Å²) in [5.74, 6) is 0.513. The van der Waals surface area contributed by atoms with Gasteiger partial charge in [-0.05, 0) is 30.7 Å². The number of allylic oxidation sites excluding steroid dienone is 1. The van der Waals surface area contributed by atoms with Crippen LogP contribution in [-0.4, -0.2) is 6.10 Å². The lowest BCUT2D eigenvalue weighted by atomic mass is 9.87. The van der Waals surface area contributed by atoms with Gasteiger partial charge in [0, 0.05) is 11.0 Å². The minimum absolute atomic E-state index is 0.0775. The van der Waals surface area contributed by atoms with Gasteiger partial charge in [0.1, 0.15) is 17.7 Å². The van der Waals surface area contributed by atoms with Gasteiger partial charge >= 0.3 is 0 Å². The van der Waals surface area contributed by atoms with Crippen molar-refractivity contribution in [1.29, 1.82) is 0 Å². The summed E-state index contributed by atoms with van der Waals surface area (Å²) in [7, 11) is 0. The Hall–Kier alpha value is -1.57. The molecule has 17 heavy (non-hydrogen) atoms. The lowest BCUT2D eigenvalue weighted by molar-refractivity contribution is 0.230. The third-order valence-corrected chi connectivity index (χ3v) is 3.08. The molecule has 0 saturated heterocycles. The van der Waals surface area contributed by atoms with E-state index in [1.54, 1.807) is 6.08 Å². The number of rotatable bonds is 3. The third kappa shape index (κ3) is 2.12. The topological polar surface area (TPSA) is 9.23 Å². The standard InChI is InChI=1S/C15H17FO/c1-5-10(2)17-14-9-15(3,4)13-7-6-11(16)8-12(13)14/h5-10H,1H2,2-4H3. The van der Waals surface area contributed by atoms with E-state index >= 15 is 0 Å². The van der Waals surface area contributed by atoms with Crippen LogP contribution in [0.4, 0.5) is 4.39 Å². The van der Waals surface area contributed by atoms with Crippen LogP contribution in [-0.2, 0) is 10.2 Å². The molecule has 1 unspecified atom stereocenters. The van der Waals surface area contributed by atoms with Crippen molar-refractivity contribution in [3.05, 3.63) is 53.9 Å². The highest BCUT2D eigenvalue weighted by molar-refractivity contribution is 5.72. The molecule has 1 aliphatic rings. The molecule has 1 aromatic rings. The second-order valence-electron chi connectivity index (χ2n) is 4.98. The molecule has 90 valence electrons. The van der Waals surface area contributed by atoms with Gasteiger partial charge in [0.25, 0.3) is 0 Å². The summed E-state index contributed by atoms with van der Waals surface area (Å²) in [5.41, 5.74) is 1.84. The second kappa shape index (κ2) is 4.02. The molecule has 1 aromatic carbocycles. The predicted octanol–water partition coefficient (Wildman–Crippen LogP) is 4.05. The molecule has 1 atom stereocenters. The Balaban J connectivity index is 2.44. The maximum atomic E-state index is 13.3. The van der Waals surface area contributed by atoms with E-state index in [9.17, 15) is 4.39 Å². The zero-order valence-electron chi connectivity index (χ0n) is 10.5. The molecule has 0 bridgehead atoms. The van der Waals surface area contributed by atoms with Gasteiger partial charge in [-0.1, -0.05) is 32.6 Å². The van der Waals surface area contributed by atoms with Gasteiger partial charge in [-0.2, -0.15) is 0 Å². The first kappa shape index (κ1) is 11.9. The van der Waals surface area contributed by atoms with Crippen LogP contribution in [0.3, 0.4) is 0 Å². The molecule has 2 rings (SSSR count). The Morgan fingerprint density at radius 3 is 2.76 bits per heavy atom. The monoisotopic (exact) mass is 232 g/mol. The number of halogens is 1. The number of ether oxygens (including phenoxy) is 1. The van der Waals surface area contributed by atoms with Crippen LogP contribution in [0.1, 0.15) is 31.9 Å². The van der Waals surface area contributed by atoms with Crippen molar-refractivity contribution in [3.8, 4) is 0 Å². The summed E-state index contributed by atoms with van der Waals surface area (Å²) < 4.78 is 19.1. The molecule has 1 aliphatic carbocycles. The van der Waals surface area contributed by atoms with Crippen molar-refractivity contribution < 1.29 is 9.13 Å². The maximum Gasteiger partial charge on any atom is 0.124 e. The van der Waals surface area contributed by atoms with Crippen molar-refractivity contribution in [2.24, 2.45) is 0 Å². The van der Waals surface area contributed by atoms with Crippen molar-refractivity contribution in [3.63, 3.8) is 0 Å². The summed E-state index contributed by atoms with van der Waals surface area (Å²) in [5, 5.41) is 0. The molecule has 0 heterocycles. The van der Waals surface area contributed by atoms with Crippen LogP contribution in [0.2, 0.25) is 0 Å². The van der Waals surface area contributed by atoms with Gasteiger partial charge < -0.3 is 4.74 Å². The molecule has 0 amide bonds. The fourth-order valence-electron chi connectivity index (χ4n) is 2.11. The fourth-order valence-corrected chi connectivity index (χ4v) is 2.11. The van der Waals surface area contributed by atoms with Crippen LogP contribution >= 0.6 is 0 Å². The molecule has 0 fully saturated rings. The zero-order chi connectivity index (χ0) is 12.6. The smallest absolute Gasteiger partial charge is 0.124 e. The third-order valence-electron chi connectivity index (χ3n) is 3.08. The number of hydrogen-bond donors (Lipinski definition) is 0. The highest BCUT2D eigenvalue weighted by Crippen LogP contribution is 2.41. The van der Waals surface area contributed by atoms with Crippen molar-refractivity contribution in [1.82, 2.24) is 0 Å². The summed E-state index contributed by atoms with van der Waals surface area (Å²) in [6.45, 7) is 9.79. The van der Waals surface area contributed by atoms with Crippen LogP contribution in [0.15, 0.2) is 36.9 Å². The van der Waals surface area contributed by atoms with Crippen LogP contribution in [0.25, 0.3) is 5.76 Å². The van der Waals surface area contributed by atoms with Crippen molar-refractivity contribution in [2.45, 2.75) is 32.3 Å². The lowest BCUT2D eigenvalue weighted by Crippen LogP contribution is -2.10. The van der Waals surface area contributed by atoms with Crippen LogP contribution < -0.4 is 0 Å². The van der Waals surface area contributed by atoms with Crippen LogP contribution in [0, 0.1) is 5.82 Å². The molecule has 2 heteroatoms. The lowest BCUT2D eigenvalue weighted by Gasteiger charge is -2.16. The van der Waals surface area contributed by atoms with Gasteiger partial charge in [0.05, 0.1) is 0 Å². The number of fused-ring (bicyclic) bond motifs is 1. The first-order valence-electron chi connectivity index (χ1n) is 5.76. The van der Waals surface area contributed by atoms with Gasteiger partial charge in [0.2, 0.25) is 0 Å². The zero-order valence-corrected chi connectivity index (χ0v) is 10.5. The highest BCUT2D eigenvalue weighted by Gasteiger charge is 2.31. The minimum Gasteiger partial charge on any atom is -0.486 e. The second-order valence-corrected chi connectivity index (χ2v) is 4.98. The Morgan fingerprint density at radius 2 is 2.12 bits per heavy atom. The molecule has 0 saturated carbocycles. The van der Waals surface area contributed by atoms with Gasteiger partial charge in [-0.15, -0.1) is 0 Å². The van der Waals surface area contributed by atoms with Gasteiger partial charge in [0.15, 0.2) is 0 Å². The summed E-state index contributed by atoms with van der Waals surface area (Å²) in [6, 6.07) is 4.86. The summed E-state index contributed by atoms with van der Waals surface area (Å²) >= 11 is 0. The largest absolute Gasteiger partial charge is 0.486 e. The Labute approximate surface area is 102 Å². The first-order valence-corrected chi connectivity index (χ1v) is 5.76. The van der Waals surface area contributed by atoms with Crippen molar-refractivity contribution >= 4 is 5.76 Å². The quantitative estimate of drug-likeness (QED) is 0.714. The van der Waals surface area contributed by atoms with E-state index in [0.717, 1.165) is 16.9 Å². The fraction of sp³-hybridized carbons (Fsp3) is 0.333. The van der Waals surface area contributed by atoms with Crippen LogP contribution in [0.5, 0.6) is 0 Å². The Bertz CT molecular complexity index is 486. The SMILES string of the molecule is C=CC(C)OC1=CC(C)(C)c2ccc(F)cc21. The van der Waals surface area contributed by atoms with E-state index in [1.165, 1.54) is 12.1 Å². The van der Waals surface area contributed by atoms with Crippen molar-refractivity contribution in [2.75, 3.05) is 0 Å². The van der Waals surface area contributed by atoms with Gasteiger partial charge in [-0.3, -0.25) is 0 Å². The van der Waals surface area contributed by atoms with E-state index in [2.05, 4.69) is 20.4 Å². The molecule has 1 nitrogen and oxygen atoms in total. The molecule has 0 aliphatic heterocycles. The van der Waals surface area contributed by atoms with E-state index in [4.69, 9.17) is 4.74 Å². The highest BCUT2D eigenvalue weighted by atomic mass is 19.1. The van der Waals surface area contributed by atoms with E-state index in [1.807, 2.05) is 19.1 Å². The molecule has 0 spiro atoms. The number of hydrogen-bond acceptors (Lipinski definition) is 1. The van der Waals surface area contributed by atoms with E-state index < -0.39 is 0 Å². The normalized spacial score (nSPS) is 18.2. The summed E-state index contributed by atoms with van der Waals surface area (Å²) in [4.78, 5) is 0. The molecule has 0 radical (unpaired) electrons. The molecule has 0 aromatic heterocycles. The molecular formula is C15H17FO. The summed E-state index contributed by atoms with van der Waals surface area (Å²) in [6.07, 6.45) is 3.69. The van der Waals surface area contributed by atoms with E-state index in [0.29, 0.717) is 0 Å².